The minimum absolute atomic E-state index is 0.00833. The molecule has 0 amide bonds. The summed E-state index contributed by atoms with van der Waals surface area (Å²) in [4.78, 5) is 12.0. The topological polar surface area (TPSA) is 35.5 Å². The zero-order valence-corrected chi connectivity index (χ0v) is 9.31. The number of rotatable bonds is 0. The number of ether oxygens (including phenoxy) is 2. The molecule has 0 aromatic heterocycles. The molecule has 2 aliphatic heterocycles. The van der Waals surface area contributed by atoms with Gasteiger partial charge in [0.1, 0.15) is 11.5 Å². The molecule has 1 aliphatic carbocycles. The van der Waals surface area contributed by atoms with Crippen molar-refractivity contribution in [2.75, 3.05) is 0 Å². The van der Waals surface area contributed by atoms with Crippen molar-refractivity contribution in [3.8, 4) is 5.75 Å². The zero-order chi connectivity index (χ0) is 11.4. The summed E-state index contributed by atoms with van der Waals surface area (Å²) in [6.45, 7) is 0. The summed E-state index contributed by atoms with van der Waals surface area (Å²) < 4.78 is 11.5. The molecule has 0 radical (unpaired) electrons. The third-order valence-electron chi connectivity index (χ3n) is 3.75. The highest BCUT2D eigenvalue weighted by Gasteiger charge is 2.48. The Morgan fingerprint density at radius 3 is 2.94 bits per heavy atom. The lowest BCUT2D eigenvalue weighted by Crippen LogP contribution is -2.18. The first-order valence-corrected chi connectivity index (χ1v) is 6.03. The van der Waals surface area contributed by atoms with E-state index in [1.807, 2.05) is 24.3 Å². The number of benzene rings is 1. The first kappa shape index (κ1) is 9.28. The average molecular weight is 228 g/mol. The second-order valence-electron chi connectivity index (χ2n) is 4.73. The Kier molecular flexibility index (Phi) is 1.71. The van der Waals surface area contributed by atoms with Gasteiger partial charge < -0.3 is 9.47 Å². The molecule has 0 saturated heterocycles. The van der Waals surface area contributed by atoms with Crippen LogP contribution in [0.4, 0.5) is 0 Å². The van der Waals surface area contributed by atoms with E-state index in [0.717, 1.165) is 35.5 Å². The van der Waals surface area contributed by atoms with E-state index in [0.29, 0.717) is 6.42 Å². The Hall–Kier alpha value is -1.77. The Labute approximate surface area is 99.0 Å². The third kappa shape index (κ3) is 1.14. The summed E-state index contributed by atoms with van der Waals surface area (Å²) >= 11 is 0. The fraction of sp³-hybridized carbons (Fsp3) is 0.357. The van der Waals surface area contributed by atoms with E-state index in [1.165, 1.54) is 0 Å². The largest absolute Gasteiger partial charge is 0.458 e. The number of fused-ring (bicyclic) bond motifs is 4. The third-order valence-corrected chi connectivity index (χ3v) is 3.75. The molecule has 86 valence electrons. The molecular formula is C14H12O3. The molecule has 2 atom stereocenters. The smallest absolute Gasteiger partial charge is 0.251 e. The van der Waals surface area contributed by atoms with Crippen LogP contribution in [0, 0.1) is 0 Å². The van der Waals surface area contributed by atoms with Gasteiger partial charge >= 0.3 is 0 Å². The standard InChI is InChI=1S/C14H12O3/c15-9-5-3-7-11-13(9)12-8-4-1-2-6-10(8)16-14(12)17-11/h1-2,4,6,12,14H,3,5,7H2/t12-,14+/m0/s1. The Morgan fingerprint density at radius 1 is 1.12 bits per heavy atom. The Bertz CT molecular complexity index is 544. The molecule has 0 saturated carbocycles. The van der Waals surface area contributed by atoms with Crippen LogP contribution in [0.2, 0.25) is 0 Å². The number of hydrogen-bond acceptors (Lipinski definition) is 3. The second kappa shape index (κ2) is 3.13. The average Bonchev–Trinajstić information content (AvgIpc) is 2.84. The molecule has 0 N–H and O–H groups in total. The first-order chi connectivity index (χ1) is 8.34. The lowest BCUT2D eigenvalue weighted by molar-refractivity contribution is -0.116. The van der Waals surface area contributed by atoms with E-state index in [4.69, 9.17) is 9.47 Å². The van der Waals surface area contributed by atoms with Gasteiger partial charge in [-0.1, -0.05) is 18.2 Å². The molecule has 3 nitrogen and oxygen atoms in total. The lowest BCUT2D eigenvalue weighted by atomic mass is 9.85. The number of carbonyl (C=O) groups is 1. The highest BCUT2D eigenvalue weighted by Crippen LogP contribution is 2.50. The number of Topliss-reactive ketones (excluding diaryl/α,β-unsaturated/α-hetero) is 1. The minimum Gasteiger partial charge on any atom is -0.458 e. The van der Waals surface area contributed by atoms with Crippen LogP contribution in [0.15, 0.2) is 35.6 Å². The van der Waals surface area contributed by atoms with Crippen LogP contribution in [-0.4, -0.2) is 12.1 Å². The van der Waals surface area contributed by atoms with Crippen molar-refractivity contribution in [3.05, 3.63) is 41.2 Å². The molecule has 0 spiro atoms. The van der Waals surface area contributed by atoms with Crippen molar-refractivity contribution in [1.29, 1.82) is 0 Å². The molecule has 0 unspecified atom stereocenters. The normalized spacial score (nSPS) is 29.3. The van der Waals surface area contributed by atoms with Crippen molar-refractivity contribution >= 4 is 5.78 Å². The van der Waals surface area contributed by atoms with Crippen molar-refractivity contribution in [1.82, 2.24) is 0 Å². The summed E-state index contributed by atoms with van der Waals surface area (Å²) in [5.74, 6) is 1.96. The molecule has 3 heteroatoms. The maximum atomic E-state index is 12.0. The van der Waals surface area contributed by atoms with Gasteiger partial charge in [-0.25, -0.2) is 0 Å². The zero-order valence-electron chi connectivity index (χ0n) is 9.31. The van der Waals surface area contributed by atoms with Gasteiger partial charge in [-0.15, -0.1) is 0 Å². The van der Waals surface area contributed by atoms with Gasteiger partial charge in [0, 0.05) is 24.0 Å². The van der Waals surface area contributed by atoms with Crippen molar-refractivity contribution < 1.29 is 14.3 Å². The first-order valence-electron chi connectivity index (χ1n) is 6.03. The van der Waals surface area contributed by atoms with Gasteiger partial charge in [0.25, 0.3) is 6.29 Å². The van der Waals surface area contributed by atoms with Crippen LogP contribution < -0.4 is 4.74 Å². The van der Waals surface area contributed by atoms with Crippen LogP contribution in [0.5, 0.6) is 5.75 Å². The molecule has 0 fully saturated rings. The molecule has 0 bridgehead atoms. The number of para-hydroxylation sites is 1. The number of ketones is 1. The Balaban J connectivity index is 1.86. The van der Waals surface area contributed by atoms with Crippen LogP contribution in [-0.2, 0) is 9.53 Å². The fourth-order valence-electron chi connectivity index (χ4n) is 3.01. The SMILES string of the molecule is O=C1CCCC2=C1[C@@H]1c3ccccc3O[C@@H]1O2. The molecule has 1 aromatic carbocycles. The highest BCUT2D eigenvalue weighted by molar-refractivity contribution is 5.99. The van der Waals surface area contributed by atoms with Crippen molar-refractivity contribution in [2.24, 2.45) is 0 Å². The molecule has 1 aromatic rings. The quantitative estimate of drug-likeness (QED) is 0.684. The van der Waals surface area contributed by atoms with E-state index in [1.54, 1.807) is 0 Å². The maximum absolute atomic E-state index is 12.0. The van der Waals surface area contributed by atoms with E-state index < -0.39 is 0 Å². The molecule has 4 rings (SSSR count). The number of carbonyl (C=O) groups excluding carboxylic acids is 1. The molecule has 17 heavy (non-hydrogen) atoms. The van der Waals surface area contributed by atoms with Gasteiger partial charge in [-0.2, -0.15) is 0 Å². The predicted molar refractivity (Wildman–Crippen MR) is 60.6 cm³/mol. The van der Waals surface area contributed by atoms with Gasteiger partial charge in [0.05, 0.1) is 5.92 Å². The number of allylic oxidation sites excluding steroid dienone is 1. The van der Waals surface area contributed by atoms with Gasteiger partial charge in [0.15, 0.2) is 5.78 Å². The van der Waals surface area contributed by atoms with Crippen LogP contribution >= 0.6 is 0 Å². The van der Waals surface area contributed by atoms with Gasteiger partial charge in [-0.05, 0) is 12.5 Å². The van der Waals surface area contributed by atoms with Crippen LogP contribution in [0.3, 0.4) is 0 Å². The van der Waals surface area contributed by atoms with E-state index >= 15 is 0 Å². The molecular weight excluding hydrogens is 216 g/mol. The number of hydrogen-bond donors (Lipinski definition) is 0. The van der Waals surface area contributed by atoms with E-state index in [-0.39, 0.29) is 18.0 Å². The van der Waals surface area contributed by atoms with E-state index in [9.17, 15) is 4.79 Å². The summed E-state index contributed by atoms with van der Waals surface area (Å²) in [5.41, 5.74) is 1.96. The molecule has 2 heterocycles. The predicted octanol–water partition coefficient (Wildman–Crippen LogP) is 2.53. The molecule has 3 aliphatic rings. The summed E-state index contributed by atoms with van der Waals surface area (Å²) in [6.07, 6.45) is 2.12. The minimum atomic E-state index is -0.306. The van der Waals surface area contributed by atoms with Gasteiger partial charge in [-0.3, -0.25) is 4.79 Å². The Morgan fingerprint density at radius 2 is 2.00 bits per heavy atom. The fourth-order valence-corrected chi connectivity index (χ4v) is 3.01. The lowest BCUT2D eigenvalue weighted by Gasteiger charge is -2.14. The summed E-state index contributed by atoms with van der Waals surface area (Å²) in [7, 11) is 0. The summed E-state index contributed by atoms with van der Waals surface area (Å²) in [6, 6.07) is 7.89. The van der Waals surface area contributed by atoms with Gasteiger partial charge in [0.2, 0.25) is 0 Å². The van der Waals surface area contributed by atoms with Crippen LogP contribution in [0.1, 0.15) is 30.7 Å². The summed E-state index contributed by atoms with van der Waals surface area (Å²) in [5, 5.41) is 0. The maximum Gasteiger partial charge on any atom is 0.251 e. The second-order valence-corrected chi connectivity index (χ2v) is 4.73. The highest BCUT2D eigenvalue weighted by atomic mass is 16.7. The van der Waals surface area contributed by atoms with Crippen molar-refractivity contribution in [3.63, 3.8) is 0 Å². The van der Waals surface area contributed by atoms with E-state index in [2.05, 4.69) is 0 Å². The van der Waals surface area contributed by atoms with Crippen LogP contribution in [0.25, 0.3) is 0 Å². The van der Waals surface area contributed by atoms with Crippen molar-refractivity contribution in [2.45, 2.75) is 31.5 Å². The monoisotopic (exact) mass is 228 g/mol.